The summed E-state index contributed by atoms with van der Waals surface area (Å²) >= 11 is 0. The van der Waals surface area contributed by atoms with Crippen molar-refractivity contribution in [2.24, 2.45) is 11.8 Å². The fourth-order valence-corrected chi connectivity index (χ4v) is 4.27. The molecule has 2 fully saturated rings. The molecule has 2 rings (SSSR count). The summed E-state index contributed by atoms with van der Waals surface area (Å²) in [5.74, 6) is 1.92. The Hall–Kier alpha value is -0.0800. The van der Waals surface area contributed by atoms with Crippen molar-refractivity contribution in [2.75, 3.05) is 13.2 Å². The van der Waals surface area contributed by atoms with Crippen LogP contribution in [-0.4, -0.2) is 25.3 Å². The van der Waals surface area contributed by atoms with E-state index in [0.29, 0.717) is 6.10 Å². The Labute approximate surface area is 126 Å². The van der Waals surface area contributed by atoms with Crippen molar-refractivity contribution in [3.8, 4) is 0 Å². The predicted molar refractivity (Wildman–Crippen MR) is 86.0 cm³/mol. The molecule has 1 saturated carbocycles. The van der Waals surface area contributed by atoms with E-state index in [1.165, 1.54) is 64.2 Å². The van der Waals surface area contributed by atoms with E-state index in [1.54, 1.807) is 0 Å². The molecule has 20 heavy (non-hydrogen) atoms. The third kappa shape index (κ3) is 5.04. The van der Waals surface area contributed by atoms with Crippen LogP contribution in [0.2, 0.25) is 0 Å². The van der Waals surface area contributed by atoms with Crippen molar-refractivity contribution < 1.29 is 4.74 Å². The van der Waals surface area contributed by atoms with Gasteiger partial charge in [0.1, 0.15) is 0 Å². The van der Waals surface area contributed by atoms with Gasteiger partial charge < -0.3 is 10.1 Å². The van der Waals surface area contributed by atoms with E-state index in [2.05, 4.69) is 19.2 Å². The van der Waals surface area contributed by atoms with Gasteiger partial charge in [0.2, 0.25) is 0 Å². The SMILES string of the molecule is CCNC(CCCC1CCCO1)C1CCCC(CC)C1. The Morgan fingerprint density at radius 3 is 2.75 bits per heavy atom. The minimum atomic E-state index is 0.576. The first-order chi connectivity index (χ1) is 9.83. The summed E-state index contributed by atoms with van der Waals surface area (Å²) in [5, 5.41) is 3.78. The molecule has 0 amide bonds. The zero-order valence-corrected chi connectivity index (χ0v) is 13.7. The van der Waals surface area contributed by atoms with Crippen LogP contribution < -0.4 is 5.32 Å². The standard InChI is InChI=1S/C18H35NO/c1-3-15-8-5-9-16(14-15)18(19-4-2)12-6-10-17-11-7-13-20-17/h15-19H,3-14H2,1-2H3. The Kier molecular flexibility index (Phi) is 7.37. The number of nitrogens with one attached hydrogen (secondary N) is 1. The molecule has 2 heteroatoms. The second-order valence-electron chi connectivity index (χ2n) is 6.93. The predicted octanol–water partition coefficient (Wildman–Crippen LogP) is 4.53. The van der Waals surface area contributed by atoms with Gasteiger partial charge in [-0.25, -0.2) is 0 Å². The molecule has 2 nitrogen and oxygen atoms in total. The van der Waals surface area contributed by atoms with Crippen molar-refractivity contribution >= 4 is 0 Å². The van der Waals surface area contributed by atoms with Gasteiger partial charge in [-0.3, -0.25) is 0 Å². The molecule has 4 unspecified atom stereocenters. The molecular formula is C18H35NO. The first-order valence-corrected chi connectivity index (χ1v) is 9.18. The number of hydrogen-bond donors (Lipinski definition) is 1. The van der Waals surface area contributed by atoms with Crippen molar-refractivity contribution in [3.63, 3.8) is 0 Å². The quantitative estimate of drug-likeness (QED) is 0.706. The summed E-state index contributed by atoms with van der Waals surface area (Å²) in [6.07, 6.45) is 14.4. The van der Waals surface area contributed by atoms with Crippen LogP contribution >= 0.6 is 0 Å². The van der Waals surface area contributed by atoms with Crippen molar-refractivity contribution in [1.29, 1.82) is 0 Å². The van der Waals surface area contributed by atoms with Crippen LogP contribution in [0, 0.1) is 11.8 Å². The lowest BCUT2D eigenvalue weighted by molar-refractivity contribution is 0.0993. The fourth-order valence-electron chi connectivity index (χ4n) is 4.27. The lowest BCUT2D eigenvalue weighted by Gasteiger charge is -2.35. The molecule has 0 aromatic rings. The van der Waals surface area contributed by atoms with E-state index in [4.69, 9.17) is 4.74 Å². The average molecular weight is 281 g/mol. The van der Waals surface area contributed by atoms with Gasteiger partial charge in [0.05, 0.1) is 6.10 Å². The maximum atomic E-state index is 5.75. The Balaban J connectivity index is 1.73. The van der Waals surface area contributed by atoms with E-state index in [-0.39, 0.29) is 0 Å². The minimum Gasteiger partial charge on any atom is -0.378 e. The van der Waals surface area contributed by atoms with Crippen molar-refractivity contribution in [1.82, 2.24) is 5.32 Å². The lowest BCUT2D eigenvalue weighted by atomic mass is 9.75. The monoisotopic (exact) mass is 281 g/mol. The average Bonchev–Trinajstić information content (AvgIpc) is 3.00. The summed E-state index contributed by atoms with van der Waals surface area (Å²) in [4.78, 5) is 0. The smallest absolute Gasteiger partial charge is 0.0576 e. The number of hydrogen-bond acceptors (Lipinski definition) is 2. The summed E-state index contributed by atoms with van der Waals surface area (Å²) in [6, 6.07) is 0.760. The summed E-state index contributed by atoms with van der Waals surface area (Å²) in [6.45, 7) is 6.75. The molecule has 0 aromatic heterocycles. The molecule has 2 aliphatic rings. The Bertz CT molecular complexity index is 250. The highest BCUT2D eigenvalue weighted by Crippen LogP contribution is 2.34. The molecule has 1 heterocycles. The second kappa shape index (κ2) is 9.04. The van der Waals surface area contributed by atoms with Crippen LogP contribution in [0.5, 0.6) is 0 Å². The topological polar surface area (TPSA) is 21.3 Å². The molecule has 1 saturated heterocycles. The third-order valence-corrected chi connectivity index (χ3v) is 5.50. The van der Waals surface area contributed by atoms with Crippen LogP contribution in [0.3, 0.4) is 0 Å². The zero-order valence-electron chi connectivity index (χ0n) is 13.7. The van der Waals surface area contributed by atoms with Crippen LogP contribution in [-0.2, 0) is 4.74 Å². The summed E-state index contributed by atoms with van der Waals surface area (Å²) < 4.78 is 5.75. The maximum Gasteiger partial charge on any atom is 0.0576 e. The Morgan fingerprint density at radius 1 is 1.15 bits per heavy atom. The molecule has 1 aliphatic carbocycles. The zero-order chi connectivity index (χ0) is 14.2. The van der Waals surface area contributed by atoms with E-state index in [1.807, 2.05) is 0 Å². The van der Waals surface area contributed by atoms with Crippen LogP contribution in [0.4, 0.5) is 0 Å². The molecule has 4 atom stereocenters. The molecule has 0 bridgehead atoms. The van der Waals surface area contributed by atoms with Gasteiger partial charge in [0, 0.05) is 12.6 Å². The normalized spacial score (nSPS) is 32.4. The van der Waals surface area contributed by atoms with Gasteiger partial charge in [0.25, 0.3) is 0 Å². The molecule has 1 N–H and O–H groups in total. The molecular weight excluding hydrogens is 246 g/mol. The number of ether oxygens (including phenoxy) is 1. The van der Waals surface area contributed by atoms with Crippen molar-refractivity contribution in [3.05, 3.63) is 0 Å². The highest BCUT2D eigenvalue weighted by molar-refractivity contribution is 4.82. The van der Waals surface area contributed by atoms with Crippen LogP contribution in [0.1, 0.15) is 78.1 Å². The highest BCUT2D eigenvalue weighted by Gasteiger charge is 2.27. The molecule has 0 aromatic carbocycles. The lowest BCUT2D eigenvalue weighted by Crippen LogP contribution is -2.38. The summed E-state index contributed by atoms with van der Waals surface area (Å²) in [5.41, 5.74) is 0. The van der Waals surface area contributed by atoms with Crippen molar-refractivity contribution in [2.45, 2.75) is 90.2 Å². The molecule has 118 valence electrons. The van der Waals surface area contributed by atoms with Gasteiger partial charge >= 0.3 is 0 Å². The third-order valence-electron chi connectivity index (χ3n) is 5.50. The van der Waals surface area contributed by atoms with E-state index < -0.39 is 0 Å². The number of rotatable bonds is 8. The first-order valence-electron chi connectivity index (χ1n) is 9.18. The van der Waals surface area contributed by atoms with Crippen LogP contribution in [0.25, 0.3) is 0 Å². The summed E-state index contributed by atoms with van der Waals surface area (Å²) in [7, 11) is 0. The largest absolute Gasteiger partial charge is 0.378 e. The van der Waals surface area contributed by atoms with E-state index in [9.17, 15) is 0 Å². The van der Waals surface area contributed by atoms with E-state index in [0.717, 1.165) is 31.0 Å². The first kappa shape index (κ1) is 16.3. The maximum absolute atomic E-state index is 5.75. The van der Waals surface area contributed by atoms with E-state index >= 15 is 0 Å². The minimum absolute atomic E-state index is 0.576. The van der Waals surface area contributed by atoms with Gasteiger partial charge in [-0.2, -0.15) is 0 Å². The molecule has 0 spiro atoms. The highest BCUT2D eigenvalue weighted by atomic mass is 16.5. The molecule has 1 aliphatic heterocycles. The van der Waals surface area contributed by atoms with Gasteiger partial charge in [-0.05, 0) is 63.3 Å². The van der Waals surface area contributed by atoms with Gasteiger partial charge in [0.15, 0.2) is 0 Å². The van der Waals surface area contributed by atoms with Crippen LogP contribution in [0.15, 0.2) is 0 Å². The fraction of sp³-hybridized carbons (Fsp3) is 1.00. The second-order valence-corrected chi connectivity index (χ2v) is 6.93. The van der Waals surface area contributed by atoms with Gasteiger partial charge in [-0.1, -0.05) is 33.1 Å². The Morgan fingerprint density at radius 2 is 2.05 bits per heavy atom. The molecule has 0 radical (unpaired) electrons. The van der Waals surface area contributed by atoms with Gasteiger partial charge in [-0.15, -0.1) is 0 Å².